The van der Waals surface area contributed by atoms with Crippen LogP contribution in [0.25, 0.3) is 0 Å². The van der Waals surface area contributed by atoms with Gasteiger partial charge in [0.1, 0.15) is 11.4 Å². The number of unbranched alkanes of at least 4 members (excludes halogenated alkanes) is 1. The lowest BCUT2D eigenvalue weighted by Gasteiger charge is -2.14. The van der Waals surface area contributed by atoms with Crippen molar-refractivity contribution in [3.63, 3.8) is 0 Å². The van der Waals surface area contributed by atoms with Gasteiger partial charge in [0.05, 0.1) is 13.2 Å². The van der Waals surface area contributed by atoms with Gasteiger partial charge < -0.3 is 9.47 Å². The summed E-state index contributed by atoms with van der Waals surface area (Å²) in [5.41, 5.74) is 2.42. The van der Waals surface area contributed by atoms with Crippen LogP contribution in [0.15, 0.2) is 18.2 Å². The summed E-state index contributed by atoms with van der Waals surface area (Å²) in [5, 5.41) is 0. The molecule has 1 aromatic rings. The standard InChI is InChI=1S/C14H20O2/c1-4-5-9-15-13-8-6-7-12(11(13)2)14(3)10-16-14/h6-8H,4-5,9-10H2,1-3H3. The van der Waals surface area contributed by atoms with Gasteiger partial charge in [0.2, 0.25) is 0 Å². The fraction of sp³-hybridized carbons (Fsp3) is 0.571. The van der Waals surface area contributed by atoms with Crippen molar-refractivity contribution < 1.29 is 9.47 Å². The number of rotatable bonds is 5. The summed E-state index contributed by atoms with van der Waals surface area (Å²) in [5.74, 6) is 1.00. The summed E-state index contributed by atoms with van der Waals surface area (Å²) in [6, 6.07) is 6.23. The van der Waals surface area contributed by atoms with Gasteiger partial charge in [-0.25, -0.2) is 0 Å². The molecule has 2 heteroatoms. The van der Waals surface area contributed by atoms with Crippen LogP contribution in [0.4, 0.5) is 0 Å². The van der Waals surface area contributed by atoms with Crippen LogP contribution < -0.4 is 4.74 Å². The molecule has 0 amide bonds. The molecular weight excluding hydrogens is 200 g/mol. The Balaban J connectivity index is 2.13. The molecule has 0 bridgehead atoms. The van der Waals surface area contributed by atoms with Crippen molar-refractivity contribution >= 4 is 0 Å². The molecule has 0 radical (unpaired) electrons. The van der Waals surface area contributed by atoms with Gasteiger partial charge in [0.25, 0.3) is 0 Å². The van der Waals surface area contributed by atoms with Crippen LogP contribution in [0, 0.1) is 6.92 Å². The minimum absolute atomic E-state index is 0.0613. The average molecular weight is 220 g/mol. The molecule has 0 aromatic heterocycles. The fourth-order valence-corrected chi connectivity index (χ4v) is 1.93. The van der Waals surface area contributed by atoms with Crippen LogP contribution in [-0.4, -0.2) is 13.2 Å². The van der Waals surface area contributed by atoms with E-state index in [1.807, 2.05) is 6.07 Å². The molecule has 88 valence electrons. The maximum atomic E-state index is 5.79. The molecule has 1 aromatic carbocycles. The van der Waals surface area contributed by atoms with E-state index in [4.69, 9.17) is 9.47 Å². The largest absolute Gasteiger partial charge is 0.493 e. The molecule has 1 fully saturated rings. The first-order valence-electron chi connectivity index (χ1n) is 6.04. The van der Waals surface area contributed by atoms with E-state index in [2.05, 4.69) is 32.9 Å². The maximum Gasteiger partial charge on any atom is 0.122 e. The van der Waals surface area contributed by atoms with E-state index in [0.29, 0.717) is 0 Å². The van der Waals surface area contributed by atoms with E-state index in [0.717, 1.165) is 25.4 Å². The lowest BCUT2D eigenvalue weighted by molar-refractivity contribution is 0.302. The molecule has 0 aliphatic carbocycles. The van der Waals surface area contributed by atoms with Gasteiger partial charge in [0, 0.05) is 0 Å². The van der Waals surface area contributed by atoms with E-state index in [9.17, 15) is 0 Å². The third kappa shape index (κ3) is 2.22. The second-order valence-electron chi connectivity index (χ2n) is 4.65. The second kappa shape index (κ2) is 4.46. The Morgan fingerprint density at radius 2 is 2.19 bits per heavy atom. The first-order chi connectivity index (χ1) is 7.67. The lowest BCUT2D eigenvalue weighted by atomic mass is 9.96. The predicted molar refractivity (Wildman–Crippen MR) is 64.9 cm³/mol. The Hall–Kier alpha value is -1.02. The first-order valence-corrected chi connectivity index (χ1v) is 6.04. The zero-order chi connectivity index (χ0) is 11.6. The molecule has 2 rings (SSSR count). The topological polar surface area (TPSA) is 21.8 Å². The molecule has 0 N–H and O–H groups in total. The quantitative estimate of drug-likeness (QED) is 0.560. The zero-order valence-corrected chi connectivity index (χ0v) is 10.4. The third-order valence-corrected chi connectivity index (χ3v) is 3.19. The molecule has 1 heterocycles. The molecule has 0 saturated carbocycles. The number of ether oxygens (including phenoxy) is 2. The van der Waals surface area contributed by atoms with Gasteiger partial charge in [0.15, 0.2) is 0 Å². The maximum absolute atomic E-state index is 5.79. The molecule has 1 aliphatic heterocycles. The summed E-state index contributed by atoms with van der Waals surface area (Å²) in [4.78, 5) is 0. The van der Waals surface area contributed by atoms with Crippen molar-refractivity contribution in [3.05, 3.63) is 29.3 Å². The highest BCUT2D eigenvalue weighted by atomic mass is 16.6. The van der Waals surface area contributed by atoms with Crippen molar-refractivity contribution in [2.75, 3.05) is 13.2 Å². The first kappa shape index (κ1) is 11.5. The van der Waals surface area contributed by atoms with Gasteiger partial charge in [-0.1, -0.05) is 25.5 Å². The average Bonchev–Trinajstić information content (AvgIpc) is 3.00. The number of epoxide rings is 1. The fourth-order valence-electron chi connectivity index (χ4n) is 1.93. The van der Waals surface area contributed by atoms with Crippen molar-refractivity contribution in [1.29, 1.82) is 0 Å². The van der Waals surface area contributed by atoms with Crippen molar-refractivity contribution in [1.82, 2.24) is 0 Å². The summed E-state index contributed by atoms with van der Waals surface area (Å²) in [7, 11) is 0. The van der Waals surface area contributed by atoms with E-state index < -0.39 is 0 Å². The van der Waals surface area contributed by atoms with Crippen LogP contribution in [0.3, 0.4) is 0 Å². The van der Waals surface area contributed by atoms with Crippen LogP contribution >= 0.6 is 0 Å². The molecule has 0 spiro atoms. The van der Waals surface area contributed by atoms with Crippen LogP contribution in [0.2, 0.25) is 0 Å². The SMILES string of the molecule is CCCCOc1cccc(C2(C)CO2)c1C. The number of benzene rings is 1. The molecule has 2 nitrogen and oxygen atoms in total. The van der Waals surface area contributed by atoms with Crippen LogP contribution in [-0.2, 0) is 10.3 Å². The van der Waals surface area contributed by atoms with Gasteiger partial charge in [-0.3, -0.25) is 0 Å². The Labute approximate surface area is 97.6 Å². The van der Waals surface area contributed by atoms with Gasteiger partial charge >= 0.3 is 0 Å². The summed E-state index contributed by atoms with van der Waals surface area (Å²) >= 11 is 0. The molecule has 1 aliphatic rings. The summed E-state index contributed by atoms with van der Waals surface area (Å²) in [6.07, 6.45) is 2.27. The monoisotopic (exact) mass is 220 g/mol. The predicted octanol–water partition coefficient (Wildman–Crippen LogP) is 3.42. The van der Waals surface area contributed by atoms with Crippen molar-refractivity contribution in [3.8, 4) is 5.75 Å². The highest BCUT2D eigenvalue weighted by Gasteiger charge is 2.42. The summed E-state index contributed by atoms with van der Waals surface area (Å²) < 4.78 is 11.3. The van der Waals surface area contributed by atoms with E-state index in [1.54, 1.807) is 0 Å². The zero-order valence-electron chi connectivity index (χ0n) is 10.4. The minimum atomic E-state index is -0.0613. The lowest BCUT2D eigenvalue weighted by Crippen LogP contribution is -2.07. The number of hydrogen-bond donors (Lipinski definition) is 0. The highest BCUT2D eigenvalue weighted by molar-refractivity contribution is 5.43. The Bertz CT molecular complexity index is 367. The second-order valence-corrected chi connectivity index (χ2v) is 4.65. The normalized spacial score (nSPS) is 23.2. The van der Waals surface area contributed by atoms with Crippen molar-refractivity contribution in [2.24, 2.45) is 0 Å². The van der Waals surface area contributed by atoms with E-state index >= 15 is 0 Å². The van der Waals surface area contributed by atoms with E-state index in [-0.39, 0.29) is 5.60 Å². The molecule has 16 heavy (non-hydrogen) atoms. The molecule has 1 unspecified atom stereocenters. The van der Waals surface area contributed by atoms with E-state index in [1.165, 1.54) is 17.5 Å². The molecule has 1 atom stereocenters. The molecule has 1 saturated heterocycles. The summed E-state index contributed by atoms with van der Waals surface area (Å²) in [6.45, 7) is 8.05. The Morgan fingerprint density at radius 3 is 2.81 bits per heavy atom. The number of hydrogen-bond acceptors (Lipinski definition) is 2. The minimum Gasteiger partial charge on any atom is -0.493 e. The third-order valence-electron chi connectivity index (χ3n) is 3.19. The van der Waals surface area contributed by atoms with Gasteiger partial charge in [-0.2, -0.15) is 0 Å². The van der Waals surface area contributed by atoms with Crippen molar-refractivity contribution in [2.45, 2.75) is 39.2 Å². The Kier molecular flexibility index (Phi) is 3.20. The molecular formula is C14H20O2. The van der Waals surface area contributed by atoms with Crippen LogP contribution in [0.5, 0.6) is 5.75 Å². The van der Waals surface area contributed by atoms with Crippen LogP contribution in [0.1, 0.15) is 37.8 Å². The van der Waals surface area contributed by atoms with Gasteiger partial charge in [-0.05, 0) is 37.5 Å². The van der Waals surface area contributed by atoms with Gasteiger partial charge in [-0.15, -0.1) is 0 Å². The smallest absolute Gasteiger partial charge is 0.122 e. The Morgan fingerprint density at radius 1 is 1.44 bits per heavy atom. The highest BCUT2D eigenvalue weighted by Crippen LogP contribution is 2.41.